The van der Waals surface area contributed by atoms with Gasteiger partial charge in [-0.2, -0.15) is 4.98 Å². The lowest BCUT2D eigenvalue weighted by atomic mass is 10.0. The van der Waals surface area contributed by atoms with Crippen LogP contribution in [0.15, 0.2) is 29.0 Å². The van der Waals surface area contributed by atoms with Gasteiger partial charge in [0.25, 0.3) is 0 Å². The Kier molecular flexibility index (Phi) is 2.53. The average molecular weight is 283 g/mol. The molecule has 1 aliphatic rings. The van der Waals surface area contributed by atoms with Crippen molar-refractivity contribution in [2.75, 3.05) is 13.1 Å². The van der Waals surface area contributed by atoms with Gasteiger partial charge in [-0.05, 0) is 12.1 Å². The van der Waals surface area contributed by atoms with E-state index in [1.165, 1.54) is 0 Å². The van der Waals surface area contributed by atoms with Gasteiger partial charge < -0.3 is 14.4 Å². The van der Waals surface area contributed by atoms with E-state index in [1.807, 2.05) is 18.3 Å². The minimum absolute atomic E-state index is 0.0738. The summed E-state index contributed by atoms with van der Waals surface area (Å²) in [5, 5.41) is 4.98. The van der Waals surface area contributed by atoms with Crippen LogP contribution in [-0.2, 0) is 4.79 Å². The van der Waals surface area contributed by atoms with E-state index in [2.05, 4.69) is 20.1 Å². The first-order chi connectivity index (χ1) is 10.2. The lowest BCUT2D eigenvalue weighted by molar-refractivity contribution is -0.133. The maximum absolute atomic E-state index is 11.2. The molecule has 0 unspecified atom stereocenters. The van der Waals surface area contributed by atoms with Crippen molar-refractivity contribution in [2.24, 2.45) is 0 Å². The molecule has 0 atom stereocenters. The van der Waals surface area contributed by atoms with Gasteiger partial charge in [0.15, 0.2) is 0 Å². The number of nitrogens with zero attached hydrogens (tertiary/aromatic N) is 4. The second-order valence-corrected chi connectivity index (χ2v) is 5.18. The van der Waals surface area contributed by atoms with E-state index < -0.39 is 0 Å². The summed E-state index contributed by atoms with van der Waals surface area (Å²) in [4.78, 5) is 24.8. The van der Waals surface area contributed by atoms with Gasteiger partial charge in [-0.1, -0.05) is 5.16 Å². The van der Waals surface area contributed by atoms with Crippen molar-refractivity contribution in [2.45, 2.75) is 12.8 Å². The van der Waals surface area contributed by atoms with Crippen molar-refractivity contribution in [3.05, 3.63) is 30.4 Å². The lowest BCUT2D eigenvalue weighted by Crippen LogP contribution is -2.47. The second-order valence-electron chi connectivity index (χ2n) is 5.18. The average Bonchev–Trinajstić information content (AvgIpc) is 3.04. The van der Waals surface area contributed by atoms with Crippen molar-refractivity contribution >= 4 is 16.8 Å². The number of nitrogens with one attached hydrogen (secondary N) is 1. The molecular formula is C14H13N5O2. The molecule has 1 amide bonds. The highest BCUT2D eigenvalue weighted by atomic mass is 16.5. The third-order valence-electron chi connectivity index (χ3n) is 3.81. The standard InChI is InChI=1S/C14H13N5O2/c1-8(20)19-6-9(7-19)14-17-13(18-21-14)12-10-2-4-15-11(10)3-5-16-12/h2-5,9,15H,6-7H2,1H3. The van der Waals surface area contributed by atoms with E-state index in [0.717, 1.165) is 10.9 Å². The zero-order valence-corrected chi connectivity index (χ0v) is 11.4. The third-order valence-corrected chi connectivity index (χ3v) is 3.81. The molecule has 4 heterocycles. The first-order valence-electron chi connectivity index (χ1n) is 6.74. The molecule has 106 valence electrons. The van der Waals surface area contributed by atoms with Gasteiger partial charge in [0.1, 0.15) is 5.69 Å². The van der Waals surface area contributed by atoms with Crippen molar-refractivity contribution in [3.8, 4) is 11.5 Å². The first kappa shape index (κ1) is 12.1. The largest absolute Gasteiger partial charge is 0.361 e. The molecule has 3 aromatic rings. The SMILES string of the molecule is CC(=O)N1CC(c2nc(-c3nccc4[nH]ccc34)no2)C1. The molecule has 0 bridgehead atoms. The normalized spacial score (nSPS) is 15.4. The summed E-state index contributed by atoms with van der Waals surface area (Å²) in [5.41, 5.74) is 1.68. The lowest BCUT2D eigenvalue weighted by Gasteiger charge is -2.36. The number of likely N-dealkylation sites (tertiary alicyclic amines) is 1. The van der Waals surface area contributed by atoms with Gasteiger partial charge in [0, 0.05) is 43.3 Å². The quantitative estimate of drug-likeness (QED) is 0.771. The number of carbonyl (C=O) groups excluding carboxylic acids is 1. The van der Waals surface area contributed by atoms with E-state index in [0.29, 0.717) is 30.5 Å². The van der Waals surface area contributed by atoms with E-state index in [-0.39, 0.29) is 11.8 Å². The van der Waals surface area contributed by atoms with E-state index in [4.69, 9.17) is 4.52 Å². The number of carbonyl (C=O) groups is 1. The van der Waals surface area contributed by atoms with E-state index in [1.54, 1.807) is 18.0 Å². The maximum atomic E-state index is 11.2. The fourth-order valence-corrected chi connectivity index (χ4v) is 2.55. The van der Waals surface area contributed by atoms with Crippen LogP contribution in [0.1, 0.15) is 18.7 Å². The summed E-state index contributed by atoms with van der Waals surface area (Å²) in [7, 11) is 0. The molecule has 0 aromatic carbocycles. The molecule has 1 fully saturated rings. The number of aromatic nitrogens is 4. The highest BCUT2D eigenvalue weighted by Crippen LogP contribution is 2.29. The van der Waals surface area contributed by atoms with Crippen molar-refractivity contribution in [1.82, 2.24) is 25.0 Å². The smallest absolute Gasteiger partial charge is 0.233 e. The Hall–Kier alpha value is -2.70. The summed E-state index contributed by atoms with van der Waals surface area (Å²) < 4.78 is 5.33. The molecule has 7 heteroatoms. The number of amides is 1. The molecule has 1 aliphatic heterocycles. The molecular weight excluding hydrogens is 270 g/mol. The van der Waals surface area contributed by atoms with Gasteiger partial charge in [-0.3, -0.25) is 9.78 Å². The highest BCUT2D eigenvalue weighted by Gasteiger charge is 2.34. The summed E-state index contributed by atoms with van der Waals surface area (Å²) in [6.45, 7) is 2.84. The topological polar surface area (TPSA) is 87.9 Å². The fourth-order valence-electron chi connectivity index (χ4n) is 2.55. The van der Waals surface area contributed by atoms with Crippen LogP contribution in [0.25, 0.3) is 22.4 Å². The Labute approximate surface area is 120 Å². The number of hydrogen-bond acceptors (Lipinski definition) is 5. The second kappa shape index (κ2) is 4.41. The molecule has 4 rings (SSSR count). The summed E-state index contributed by atoms with van der Waals surface area (Å²) in [5.74, 6) is 1.25. The number of H-pyrrole nitrogens is 1. The zero-order valence-electron chi connectivity index (χ0n) is 11.4. The Morgan fingerprint density at radius 2 is 2.29 bits per heavy atom. The van der Waals surface area contributed by atoms with Crippen LogP contribution >= 0.6 is 0 Å². The Morgan fingerprint density at radius 1 is 1.43 bits per heavy atom. The third kappa shape index (κ3) is 1.89. The molecule has 0 aliphatic carbocycles. The summed E-state index contributed by atoms with van der Waals surface area (Å²) >= 11 is 0. The Morgan fingerprint density at radius 3 is 3.10 bits per heavy atom. The number of pyridine rings is 1. The molecule has 1 saturated heterocycles. The monoisotopic (exact) mass is 283 g/mol. The van der Waals surface area contributed by atoms with Crippen LogP contribution in [0.4, 0.5) is 0 Å². The van der Waals surface area contributed by atoms with Crippen LogP contribution < -0.4 is 0 Å². The first-order valence-corrected chi connectivity index (χ1v) is 6.74. The molecule has 0 radical (unpaired) electrons. The van der Waals surface area contributed by atoms with Gasteiger partial charge in [-0.25, -0.2) is 0 Å². The van der Waals surface area contributed by atoms with Crippen molar-refractivity contribution in [1.29, 1.82) is 0 Å². The maximum Gasteiger partial charge on any atom is 0.233 e. The fraction of sp³-hybridized carbons (Fsp3) is 0.286. The predicted octanol–water partition coefficient (Wildman–Crippen LogP) is 1.56. The van der Waals surface area contributed by atoms with Crippen LogP contribution in [0, 0.1) is 0 Å². The predicted molar refractivity (Wildman–Crippen MR) is 74.4 cm³/mol. The number of aromatic amines is 1. The van der Waals surface area contributed by atoms with Crippen molar-refractivity contribution < 1.29 is 9.32 Å². The van der Waals surface area contributed by atoms with Gasteiger partial charge in [0.2, 0.25) is 17.6 Å². The summed E-state index contributed by atoms with van der Waals surface area (Å²) in [6, 6.07) is 3.84. The molecule has 1 N–H and O–H groups in total. The van der Waals surface area contributed by atoms with Crippen LogP contribution in [-0.4, -0.2) is 44.0 Å². The Balaban J connectivity index is 1.63. The zero-order chi connectivity index (χ0) is 14.4. The molecule has 0 spiro atoms. The molecule has 3 aromatic heterocycles. The Bertz CT molecular complexity index is 816. The molecule has 21 heavy (non-hydrogen) atoms. The number of hydrogen-bond donors (Lipinski definition) is 1. The van der Waals surface area contributed by atoms with Gasteiger partial charge >= 0.3 is 0 Å². The van der Waals surface area contributed by atoms with Gasteiger partial charge in [0.05, 0.1) is 5.92 Å². The molecule has 0 saturated carbocycles. The van der Waals surface area contributed by atoms with Crippen LogP contribution in [0.3, 0.4) is 0 Å². The number of fused-ring (bicyclic) bond motifs is 1. The van der Waals surface area contributed by atoms with Gasteiger partial charge in [-0.15, -0.1) is 0 Å². The van der Waals surface area contributed by atoms with Crippen LogP contribution in [0.2, 0.25) is 0 Å². The molecule has 7 nitrogen and oxygen atoms in total. The minimum atomic E-state index is 0.0738. The van der Waals surface area contributed by atoms with Crippen LogP contribution in [0.5, 0.6) is 0 Å². The highest BCUT2D eigenvalue weighted by molar-refractivity contribution is 5.90. The number of rotatable bonds is 2. The van der Waals surface area contributed by atoms with E-state index in [9.17, 15) is 4.79 Å². The van der Waals surface area contributed by atoms with Crippen molar-refractivity contribution in [3.63, 3.8) is 0 Å². The van der Waals surface area contributed by atoms with E-state index >= 15 is 0 Å². The summed E-state index contributed by atoms with van der Waals surface area (Å²) in [6.07, 6.45) is 3.57. The minimum Gasteiger partial charge on any atom is -0.361 e.